The SMILES string of the molecule is C[C@@H](N[C@@H]1CCNC1)c1ccc[nH]1. The van der Waals surface area contributed by atoms with Gasteiger partial charge in [-0.2, -0.15) is 0 Å². The van der Waals surface area contributed by atoms with Crippen LogP contribution in [0.1, 0.15) is 25.1 Å². The van der Waals surface area contributed by atoms with Gasteiger partial charge in [0.2, 0.25) is 0 Å². The summed E-state index contributed by atoms with van der Waals surface area (Å²) >= 11 is 0. The van der Waals surface area contributed by atoms with Gasteiger partial charge in [-0.15, -0.1) is 0 Å². The Labute approximate surface area is 78.9 Å². The average Bonchev–Trinajstić information content (AvgIpc) is 2.74. The van der Waals surface area contributed by atoms with Crippen LogP contribution in [0.3, 0.4) is 0 Å². The van der Waals surface area contributed by atoms with Crippen LogP contribution in [0, 0.1) is 0 Å². The minimum absolute atomic E-state index is 0.430. The maximum atomic E-state index is 3.59. The van der Waals surface area contributed by atoms with Crippen molar-refractivity contribution in [3.8, 4) is 0 Å². The second-order valence-electron chi connectivity index (χ2n) is 3.70. The molecule has 0 amide bonds. The first kappa shape index (κ1) is 8.78. The van der Waals surface area contributed by atoms with E-state index in [9.17, 15) is 0 Å². The van der Waals surface area contributed by atoms with Crippen molar-refractivity contribution in [2.75, 3.05) is 13.1 Å². The first-order chi connectivity index (χ1) is 6.36. The Bertz CT molecular complexity index is 237. The Hall–Kier alpha value is -0.800. The van der Waals surface area contributed by atoms with Crippen LogP contribution in [0.4, 0.5) is 0 Å². The molecule has 1 aromatic heterocycles. The Kier molecular flexibility index (Phi) is 2.66. The fourth-order valence-corrected chi connectivity index (χ4v) is 1.85. The second kappa shape index (κ2) is 3.94. The fourth-order valence-electron chi connectivity index (χ4n) is 1.85. The van der Waals surface area contributed by atoms with E-state index < -0.39 is 0 Å². The lowest BCUT2D eigenvalue weighted by molar-refractivity contribution is 0.472. The average molecular weight is 179 g/mol. The molecule has 2 atom stereocenters. The van der Waals surface area contributed by atoms with Gasteiger partial charge < -0.3 is 15.6 Å². The number of aromatic nitrogens is 1. The zero-order valence-corrected chi connectivity index (χ0v) is 8.01. The summed E-state index contributed by atoms with van der Waals surface area (Å²) in [5, 5.41) is 6.94. The van der Waals surface area contributed by atoms with Crippen molar-refractivity contribution in [1.82, 2.24) is 15.6 Å². The van der Waals surface area contributed by atoms with Crippen LogP contribution in [-0.2, 0) is 0 Å². The van der Waals surface area contributed by atoms with Gasteiger partial charge >= 0.3 is 0 Å². The molecular formula is C10H17N3. The van der Waals surface area contributed by atoms with Gasteiger partial charge in [0.25, 0.3) is 0 Å². The summed E-state index contributed by atoms with van der Waals surface area (Å²) in [6, 6.07) is 5.23. The van der Waals surface area contributed by atoms with Crippen molar-refractivity contribution >= 4 is 0 Å². The molecule has 1 fully saturated rings. The maximum Gasteiger partial charge on any atom is 0.0446 e. The quantitative estimate of drug-likeness (QED) is 0.648. The third kappa shape index (κ3) is 2.11. The molecule has 1 aliphatic heterocycles. The highest BCUT2D eigenvalue weighted by atomic mass is 15.0. The predicted molar refractivity (Wildman–Crippen MR) is 53.6 cm³/mol. The molecule has 2 heterocycles. The highest BCUT2D eigenvalue weighted by Gasteiger charge is 2.17. The van der Waals surface area contributed by atoms with E-state index in [1.54, 1.807) is 0 Å². The number of hydrogen-bond donors (Lipinski definition) is 3. The molecule has 0 aromatic carbocycles. The predicted octanol–water partition coefficient (Wildman–Crippen LogP) is 1.03. The molecule has 3 heteroatoms. The van der Waals surface area contributed by atoms with Gasteiger partial charge in [-0.25, -0.2) is 0 Å². The van der Waals surface area contributed by atoms with Crippen LogP contribution in [-0.4, -0.2) is 24.1 Å². The van der Waals surface area contributed by atoms with E-state index in [2.05, 4.69) is 28.6 Å². The number of hydrogen-bond acceptors (Lipinski definition) is 2. The van der Waals surface area contributed by atoms with Gasteiger partial charge in [0, 0.05) is 30.5 Å². The normalized spacial score (nSPS) is 24.8. The Morgan fingerprint density at radius 2 is 2.54 bits per heavy atom. The van der Waals surface area contributed by atoms with E-state index in [4.69, 9.17) is 0 Å². The highest BCUT2D eigenvalue weighted by Crippen LogP contribution is 2.11. The summed E-state index contributed by atoms with van der Waals surface area (Å²) in [5.74, 6) is 0. The Balaban J connectivity index is 1.87. The van der Waals surface area contributed by atoms with Crippen LogP contribution in [0.5, 0.6) is 0 Å². The largest absolute Gasteiger partial charge is 0.364 e. The van der Waals surface area contributed by atoms with E-state index >= 15 is 0 Å². The summed E-state index contributed by atoms with van der Waals surface area (Å²) in [6.45, 7) is 4.45. The Morgan fingerprint density at radius 1 is 1.62 bits per heavy atom. The third-order valence-corrected chi connectivity index (χ3v) is 2.63. The van der Waals surface area contributed by atoms with Gasteiger partial charge in [-0.05, 0) is 32.0 Å². The standard InChI is InChI=1S/C10H17N3/c1-8(10-3-2-5-12-10)13-9-4-6-11-7-9/h2-3,5,8-9,11-13H,4,6-7H2,1H3/t8-,9-/m1/s1. The molecule has 1 saturated heterocycles. The minimum Gasteiger partial charge on any atom is -0.364 e. The van der Waals surface area contributed by atoms with Crippen molar-refractivity contribution < 1.29 is 0 Å². The number of H-pyrrole nitrogens is 1. The molecule has 1 aromatic rings. The summed E-state index contributed by atoms with van der Waals surface area (Å²) in [7, 11) is 0. The lowest BCUT2D eigenvalue weighted by atomic mass is 10.2. The first-order valence-corrected chi connectivity index (χ1v) is 4.96. The number of nitrogens with one attached hydrogen (secondary N) is 3. The summed E-state index contributed by atoms with van der Waals surface area (Å²) < 4.78 is 0. The fraction of sp³-hybridized carbons (Fsp3) is 0.600. The molecule has 1 aliphatic rings. The van der Waals surface area contributed by atoms with Gasteiger partial charge in [0.05, 0.1) is 0 Å². The third-order valence-electron chi connectivity index (χ3n) is 2.63. The smallest absolute Gasteiger partial charge is 0.0446 e. The van der Waals surface area contributed by atoms with Gasteiger partial charge in [-0.1, -0.05) is 0 Å². The lowest BCUT2D eigenvalue weighted by Crippen LogP contribution is -2.33. The molecule has 0 radical (unpaired) electrons. The van der Waals surface area contributed by atoms with Crippen LogP contribution in [0.25, 0.3) is 0 Å². The van der Waals surface area contributed by atoms with Gasteiger partial charge in [0.1, 0.15) is 0 Å². The molecule has 3 nitrogen and oxygen atoms in total. The lowest BCUT2D eigenvalue weighted by Gasteiger charge is -2.17. The first-order valence-electron chi connectivity index (χ1n) is 4.96. The second-order valence-corrected chi connectivity index (χ2v) is 3.70. The molecule has 13 heavy (non-hydrogen) atoms. The van der Waals surface area contributed by atoms with Crippen molar-refractivity contribution in [3.63, 3.8) is 0 Å². The van der Waals surface area contributed by atoms with Crippen LogP contribution in [0.2, 0.25) is 0 Å². The number of aromatic amines is 1. The monoisotopic (exact) mass is 179 g/mol. The van der Waals surface area contributed by atoms with Crippen molar-refractivity contribution in [3.05, 3.63) is 24.0 Å². The molecule has 0 spiro atoms. The van der Waals surface area contributed by atoms with Gasteiger partial charge in [-0.3, -0.25) is 0 Å². The molecule has 0 saturated carbocycles. The van der Waals surface area contributed by atoms with Crippen molar-refractivity contribution in [2.24, 2.45) is 0 Å². The van der Waals surface area contributed by atoms with E-state index in [1.165, 1.54) is 12.1 Å². The van der Waals surface area contributed by atoms with Crippen molar-refractivity contribution in [1.29, 1.82) is 0 Å². The highest BCUT2D eigenvalue weighted by molar-refractivity contribution is 5.08. The minimum atomic E-state index is 0.430. The van der Waals surface area contributed by atoms with E-state index in [0.29, 0.717) is 12.1 Å². The van der Waals surface area contributed by atoms with Crippen LogP contribution in [0.15, 0.2) is 18.3 Å². The molecule has 0 unspecified atom stereocenters. The summed E-state index contributed by atoms with van der Waals surface area (Å²) in [5.41, 5.74) is 1.27. The number of rotatable bonds is 3. The molecule has 72 valence electrons. The molecule has 0 bridgehead atoms. The zero-order chi connectivity index (χ0) is 9.10. The van der Waals surface area contributed by atoms with E-state index in [-0.39, 0.29) is 0 Å². The van der Waals surface area contributed by atoms with Crippen LogP contribution < -0.4 is 10.6 Å². The van der Waals surface area contributed by atoms with E-state index in [0.717, 1.165) is 13.1 Å². The topological polar surface area (TPSA) is 39.8 Å². The molecule has 2 rings (SSSR count). The van der Waals surface area contributed by atoms with Crippen molar-refractivity contribution in [2.45, 2.75) is 25.4 Å². The molecular weight excluding hydrogens is 162 g/mol. The van der Waals surface area contributed by atoms with Gasteiger partial charge in [0.15, 0.2) is 0 Å². The maximum absolute atomic E-state index is 3.59. The molecule has 3 N–H and O–H groups in total. The Morgan fingerprint density at radius 3 is 3.15 bits per heavy atom. The van der Waals surface area contributed by atoms with E-state index in [1.807, 2.05) is 12.3 Å². The molecule has 0 aliphatic carbocycles. The summed E-state index contributed by atoms with van der Waals surface area (Å²) in [6.07, 6.45) is 3.21. The van der Waals surface area contributed by atoms with Crippen LogP contribution >= 0.6 is 0 Å². The summed E-state index contributed by atoms with van der Waals surface area (Å²) in [4.78, 5) is 3.23. The zero-order valence-electron chi connectivity index (χ0n) is 8.01.